The lowest BCUT2D eigenvalue weighted by atomic mass is 10.1. The van der Waals surface area contributed by atoms with Crippen molar-refractivity contribution < 1.29 is 9.26 Å². The van der Waals surface area contributed by atoms with Gasteiger partial charge in [-0.05, 0) is 6.54 Å². The third-order valence-corrected chi connectivity index (χ3v) is 2.06. The first-order valence-electron chi connectivity index (χ1n) is 4.16. The first kappa shape index (κ1) is 7.76. The van der Waals surface area contributed by atoms with E-state index in [9.17, 15) is 0 Å². The number of aromatic nitrogens is 1. The topological polar surface area (TPSA) is 61.3 Å². The lowest BCUT2D eigenvalue weighted by Gasteiger charge is -2.09. The van der Waals surface area contributed by atoms with Crippen molar-refractivity contribution in [3.05, 3.63) is 17.0 Å². The predicted molar refractivity (Wildman–Crippen MR) is 42.6 cm³/mol. The number of hydrogen-bond acceptors (Lipinski definition) is 4. The Hall–Kier alpha value is -0.870. The fourth-order valence-electron chi connectivity index (χ4n) is 1.45. The molecule has 0 aliphatic carbocycles. The van der Waals surface area contributed by atoms with Crippen molar-refractivity contribution in [2.75, 3.05) is 13.2 Å². The summed E-state index contributed by atoms with van der Waals surface area (Å²) in [5.41, 5.74) is 7.66. The minimum absolute atomic E-state index is 0.562. The Kier molecular flexibility index (Phi) is 2.10. The Labute approximate surface area is 70.7 Å². The van der Waals surface area contributed by atoms with Gasteiger partial charge in [-0.3, -0.25) is 0 Å². The van der Waals surface area contributed by atoms with E-state index in [0.29, 0.717) is 13.2 Å². The van der Waals surface area contributed by atoms with Crippen LogP contribution in [0.25, 0.3) is 0 Å². The maximum atomic E-state index is 5.44. The van der Waals surface area contributed by atoms with Crippen LogP contribution in [0.4, 0.5) is 0 Å². The summed E-state index contributed by atoms with van der Waals surface area (Å²) in [6.07, 6.45) is 1.72. The smallest absolute Gasteiger partial charge is 0.165 e. The van der Waals surface area contributed by atoms with Crippen molar-refractivity contribution in [1.29, 1.82) is 0 Å². The van der Waals surface area contributed by atoms with Crippen LogP contribution in [0, 0.1) is 0 Å². The van der Waals surface area contributed by atoms with Crippen molar-refractivity contribution in [3.8, 4) is 0 Å². The van der Waals surface area contributed by atoms with Gasteiger partial charge in [-0.2, -0.15) is 0 Å². The van der Waals surface area contributed by atoms with Crippen LogP contribution in [0.3, 0.4) is 0 Å². The molecule has 2 rings (SSSR count). The van der Waals surface area contributed by atoms with Gasteiger partial charge in [-0.15, -0.1) is 0 Å². The van der Waals surface area contributed by atoms with Gasteiger partial charge in [0.2, 0.25) is 0 Å². The Morgan fingerprint density at radius 2 is 2.42 bits per heavy atom. The molecule has 1 aliphatic heterocycles. The van der Waals surface area contributed by atoms with Crippen LogP contribution in [-0.4, -0.2) is 18.3 Å². The molecule has 0 saturated heterocycles. The minimum Gasteiger partial charge on any atom is -0.373 e. The lowest BCUT2D eigenvalue weighted by Crippen LogP contribution is -2.11. The van der Waals surface area contributed by atoms with E-state index < -0.39 is 0 Å². The fraction of sp³-hybridized carbons (Fsp3) is 0.625. The highest BCUT2D eigenvalue weighted by Crippen LogP contribution is 2.20. The standard InChI is InChI=1S/C8H12N2O2/c9-3-1-7-6-2-4-11-5-8(6)12-10-7/h1-5,9H2. The van der Waals surface area contributed by atoms with Crippen LogP contribution in [0.5, 0.6) is 0 Å². The summed E-state index contributed by atoms with van der Waals surface area (Å²) in [6, 6.07) is 0. The molecule has 4 nitrogen and oxygen atoms in total. The van der Waals surface area contributed by atoms with Crippen LogP contribution >= 0.6 is 0 Å². The molecule has 1 aromatic heterocycles. The molecule has 0 saturated carbocycles. The second-order valence-corrected chi connectivity index (χ2v) is 2.87. The van der Waals surface area contributed by atoms with Crippen molar-refractivity contribution >= 4 is 0 Å². The largest absolute Gasteiger partial charge is 0.373 e. The summed E-state index contributed by atoms with van der Waals surface area (Å²) in [6.45, 7) is 1.96. The maximum Gasteiger partial charge on any atom is 0.165 e. The summed E-state index contributed by atoms with van der Waals surface area (Å²) < 4.78 is 10.3. The first-order valence-corrected chi connectivity index (χ1v) is 4.16. The number of ether oxygens (including phenoxy) is 1. The molecule has 1 aromatic rings. The molecule has 1 aliphatic rings. The molecule has 0 aromatic carbocycles. The van der Waals surface area contributed by atoms with Gasteiger partial charge in [0.15, 0.2) is 5.76 Å². The van der Waals surface area contributed by atoms with Gasteiger partial charge < -0.3 is 15.0 Å². The monoisotopic (exact) mass is 168 g/mol. The molecule has 66 valence electrons. The molecule has 0 spiro atoms. The molecule has 2 heterocycles. The Bertz CT molecular complexity index is 270. The Morgan fingerprint density at radius 1 is 1.50 bits per heavy atom. The number of nitrogens with two attached hydrogens (primary N) is 1. The van der Waals surface area contributed by atoms with E-state index in [1.54, 1.807) is 0 Å². The fourth-order valence-corrected chi connectivity index (χ4v) is 1.45. The second-order valence-electron chi connectivity index (χ2n) is 2.87. The predicted octanol–water partition coefficient (Wildman–Crippen LogP) is 0.248. The third kappa shape index (κ3) is 1.23. The van der Waals surface area contributed by atoms with Gasteiger partial charge >= 0.3 is 0 Å². The maximum absolute atomic E-state index is 5.44. The summed E-state index contributed by atoms with van der Waals surface area (Å²) in [5.74, 6) is 0.879. The van der Waals surface area contributed by atoms with Crippen molar-refractivity contribution in [3.63, 3.8) is 0 Å². The molecular formula is C8H12N2O2. The van der Waals surface area contributed by atoms with Crippen LogP contribution in [0.1, 0.15) is 17.0 Å². The Balaban J connectivity index is 2.25. The van der Waals surface area contributed by atoms with E-state index in [1.807, 2.05) is 0 Å². The van der Waals surface area contributed by atoms with E-state index in [0.717, 1.165) is 30.9 Å². The van der Waals surface area contributed by atoms with E-state index in [2.05, 4.69) is 5.16 Å². The average Bonchev–Trinajstić information content (AvgIpc) is 2.50. The number of nitrogens with zero attached hydrogens (tertiary/aromatic N) is 1. The zero-order valence-corrected chi connectivity index (χ0v) is 6.88. The normalized spacial score (nSPS) is 16.1. The van der Waals surface area contributed by atoms with E-state index in [4.69, 9.17) is 15.0 Å². The number of fused-ring (bicyclic) bond motifs is 1. The molecule has 0 atom stereocenters. The molecule has 0 radical (unpaired) electrons. The molecule has 12 heavy (non-hydrogen) atoms. The van der Waals surface area contributed by atoms with Crippen LogP contribution in [0.15, 0.2) is 4.52 Å². The van der Waals surface area contributed by atoms with Gasteiger partial charge in [-0.25, -0.2) is 0 Å². The summed E-state index contributed by atoms with van der Waals surface area (Å²) in [5, 5.41) is 3.95. The third-order valence-electron chi connectivity index (χ3n) is 2.06. The zero-order valence-electron chi connectivity index (χ0n) is 6.88. The van der Waals surface area contributed by atoms with Gasteiger partial charge in [0.25, 0.3) is 0 Å². The molecule has 4 heteroatoms. The van der Waals surface area contributed by atoms with Gasteiger partial charge in [0, 0.05) is 18.4 Å². The first-order chi connectivity index (χ1) is 5.92. The highest BCUT2D eigenvalue weighted by atomic mass is 16.5. The zero-order chi connectivity index (χ0) is 8.39. The second kappa shape index (κ2) is 3.25. The summed E-state index contributed by atoms with van der Waals surface area (Å²) >= 11 is 0. The van der Waals surface area contributed by atoms with E-state index >= 15 is 0 Å². The lowest BCUT2D eigenvalue weighted by molar-refractivity contribution is 0.0894. The number of rotatable bonds is 2. The van der Waals surface area contributed by atoms with E-state index in [-0.39, 0.29) is 0 Å². The van der Waals surface area contributed by atoms with Gasteiger partial charge in [0.1, 0.15) is 6.61 Å². The van der Waals surface area contributed by atoms with Gasteiger partial charge in [-0.1, -0.05) is 5.16 Å². The van der Waals surface area contributed by atoms with E-state index in [1.165, 1.54) is 5.56 Å². The molecular weight excluding hydrogens is 156 g/mol. The molecule has 0 bridgehead atoms. The van der Waals surface area contributed by atoms with Crippen molar-refractivity contribution in [2.24, 2.45) is 5.73 Å². The molecule has 0 amide bonds. The van der Waals surface area contributed by atoms with Gasteiger partial charge in [0.05, 0.1) is 12.3 Å². The Morgan fingerprint density at radius 3 is 3.25 bits per heavy atom. The average molecular weight is 168 g/mol. The van der Waals surface area contributed by atoms with Crippen LogP contribution in [-0.2, 0) is 24.2 Å². The molecule has 0 fully saturated rings. The van der Waals surface area contributed by atoms with Crippen LogP contribution in [0.2, 0.25) is 0 Å². The molecule has 0 unspecified atom stereocenters. The van der Waals surface area contributed by atoms with Crippen molar-refractivity contribution in [1.82, 2.24) is 5.16 Å². The quantitative estimate of drug-likeness (QED) is 0.687. The van der Waals surface area contributed by atoms with Crippen molar-refractivity contribution in [2.45, 2.75) is 19.4 Å². The minimum atomic E-state index is 0.562. The SMILES string of the molecule is NCCc1noc2c1CCOC2. The van der Waals surface area contributed by atoms with Crippen LogP contribution < -0.4 is 5.73 Å². The summed E-state index contributed by atoms with van der Waals surface area (Å²) in [4.78, 5) is 0. The molecule has 2 N–H and O–H groups in total. The highest BCUT2D eigenvalue weighted by Gasteiger charge is 2.18. The highest BCUT2D eigenvalue weighted by molar-refractivity contribution is 5.24. The number of hydrogen-bond donors (Lipinski definition) is 1. The summed E-state index contributed by atoms with van der Waals surface area (Å²) in [7, 11) is 0.